The Kier molecular flexibility index (Phi) is 9.25. The lowest BCUT2D eigenvalue weighted by Crippen LogP contribution is -2.10. The molecule has 8 heteroatoms. The average molecular weight is 500 g/mol. The van der Waals surface area contributed by atoms with Gasteiger partial charge in [-0.15, -0.1) is 0 Å². The maximum Gasteiger partial charge on any atom is 0.416 e. The summed E-state index contributed by atoms with van der Waals surface area (Å²) in [4.78, 5) is 3.87. The summed E-state index contributed by atoms with van der Waals surface area (Å²) in [7, 11) is 0. The smallest absolute Gasteiger partial charge is 0.416 e. The highest BCUT2D eigenvalue weighted by atomic mass is 19.4. The second-order valence-corrected chi connectivity index (χ2v) is 9.26. The Morgan fingerprint density at radius 3 is 1.69 bits per heavy atom. The third-order valence-corrected chi connectivity index (χ3v) is 6.57. The molecule has 0 amide bonds. The van der Waals surface area contributed by atoms with Crippen molar-refractivity contribution in [3.8, 4) is 5.75 Å². The van der Waals surface area contributed by atoms with E-state index >= 15 is 0 Å². The number of benzene rings is 2. The van der Waals surface area contributed by atoms with E-state index in [9.17, 15) is 31.4 Å². The van der Waals surface area contributed by atoms with Gasteiger partial charge in [-0.05, 0) is 48.6 Å². The first kappa shape index (κ1) is 27.1. The molecule has 0 saturated heterocycles. The number of phenols is 1. The maximum absolute atomic E-state index is 13.1. The van der Waals surface area contributed by atoms with Crippen molar-refractivity contribution >= 4 is 11.9 Å². The van der Waals surface area contributed by atoms with E-state index in [2.05, 4.69) is 4.99 Å². The van der Waals surface area contributed by atoms with Gasteiger partial charge in [0.15, 0.2) is 0 Å². The summed E-state index contributed by atoms with van der Waals surface area (Å²) < 4.78 is 78.8. The summed E-state index contributed by atoms with van der Waals surface area (Å²) in [6.07, 6.45) is 3.62. The van der Waals surface area contributed by atoms with Crippen molar-refractivity contribution < 1.29 is 31.4 Å². The van der Waals surface area contributed by atoms with Crippen LogP contribution < -0.4 is 0 Å². The highest BCUT2D eigenvalue weighted by Gasteiger charge is 2.36. The first-order chi connectivity index (χ1) is 16.6. The van der Waals surface area contributed by atoms with E-state index in [1.54, 1.807) is 12.1 Å². The van der Waals surface area contributed by atoms with Gasteiger partial charge >= 0.3 is 12.4 Å². The number of alkyl halides is 6. The summed E-state index contributed by atoms with van der Waals surface area (Å²) in [5, 5.41) is 10.9. The standard InChI is InChI=1S/C27H31F6NO/c28-26(29,30)21-15-22(27(31,32)33)17-23(16-21)34-18-20-13-10-14-24(25(20)35)19-11-8-6-4-2-1-3-5-7-9-12-19/h10,13-19,35H,1-9,11-12H2. The Hall–Kier alpha value is -2.51. The molecule has 0 spiro atoms. The van der Waals surface area contributed by atoms with Crippen molar-refractivity contribution in [1.29, 1.82) is 0 Å². The molecular formula is C27H31F6NO. The molecule has 0 aliphatic heterocycles. The summed E-state index contributed by atoms with van der Waals surface area (Å²) in [5.74, 6) is 0.129. The fourth-order valence-corrected chi connectivity index (χ4v) is 4.64. The second-order valence-electron chi connectivity index (χ2n) is 9.26. The zero-order valence-electron chi connectivity index (χ0n) is 19.6. The van der Waals surface area contributed by atoms with E-state index in [1.807, 2.05) is 6.07 Å². The van der Waals surface area contributed by atoms with Crippen LogP contribution in [0.4, 0.5) is 32.0 Å². The van der Waals surface area contributed by atoms with Crippen molar-refractivity contribution in [2.45, 2.75) is 88.9 Å². The molecule has 1 fully saturated rings. The molecule has 2 aromatic carbocycles. The van der Waals surface area contributed by atoms with Gasteiger partial charge in [0.05, 0.1) is 16.8 Å². The normalized spacial score (nSPS) is 17.8. The van der Waals surface area contributed by atoms with Crippen molar-refractivity contribution in [1.82, 2.24) is 0 Å². The third kappa shape index (κ3) is 8.00. The molecule has 2 aromatic rings. The molecule has 1 saturated carbocycles. The molecule has 0 heterocycles. The number of para-hydroxylation sites is 1. The van der Waals surface area contributed by atoms with Gasteiger partial charge in [-0.1, -0.05) is 69.9 Å². The predicted octanol–water partition coefficient (Wildman–Crippen LogP) is 9.57. The molecule has 192 valence electrons. The Morgan fingerprint density at radius 1 is 0.714 bits per heavy atom. The Labute approximate surface area is 202 Å². The van der Waals surface area contributed by atoms with Crippen molar-refractivity contribution in [2.24, 2.45) is 4.99 Å². The fourth-order valence-electron chi connectivity index (χ4n) is 4.64. The quantitative estimate of drug-likeness (QED) is 0.331. The van der Waals surface area contributed by atoms with E-state index in [-0.39, 0.29) is 23.3 Å². The molecule has 1 N–H and O–H groups in total. The minimum Gasteiger partial charge on any atom is -0.507 e. The van der Waals surface area contributed by atoms with Crippen LogP contribution in [0.1, 0.15) is 98.8 Å². The molecule has 1 aliphatic carbocycles. The second kappa shape index (κ2) is 12.0. The van der Waals surface area contributed by atoms with Crippen LogP contribution in [0.2, 0.25) is 0 Å². The molecule has 1 aliphatic rings. The van der Waals surface area contributed by atoms with Gasteiger partial charge < -0.3 is 5.11 Å². The number of rotatable bonds is 3. The minimum absolute atomic E-state index is 0.0173. The van der Waals surface area contributed by atoms with Crippen LogP contribution >= 0.6 is 0 Å². The average Bonchev–Trinajstić information content (AvgIpc) is 2.78. The zero-order valence-corrected chi connectivity index (χ0v) is 19.6. The predicted molar refractivity (Wildman–Crippen MR) is 125 cm³/mol. The van der Waals surface area contributed by atoms with Crippen molar-refractivity contribution in [3.63, 3.8) is 0 Å². The molecule has 0 atom stereocenters. The van der Waals surface area contributed by atoms with Gasteiger partial charge in [-0.3, -0.25) is 4.99 Å². The molecule has 0 bridgehead atoms. The molecule has 2 nitrogen and oxygen atoms in total. The highest BCUT2D eigenvalue weighted by molar-refractivity contribution is 5.86. The van der Waals surface area contributed by atoms with Crippen molar-refractivity contribution in [2.75, 3.05) is 0 Å². The number of hydrogen-bond donors (Lipinski definition) is 1. The van der Waals surface area contributed by atoms with Crippen LogP contribution in [0.5, 0.6) is 5.75 Å². The van der Waals surface area contributed by atoms with Crippen molar-refractivity contribution in [3.05, 3.63) is 58.7 Å². The third-order valence-electron chi connectivity index (χ3n) is 6.57. The van der Waals surface area contributed by atoms with E-state index < -0.39 is 29.2 Å². The van der Waals surface area contributed by atoms with Gasteiger partial charge in [0, 0.05) is 11.8 Å². The van der Waals surface area contributed by atoms with E-state index in [4.69, 9.17) is 0 Å². The number of phenolic OH excluding ortho intramolecular Hbond substituents is 1. The fraction of sp³-hybridized carbons (Fsp3) is 0.519. The maximum atomic E-state index is 13.1. The lowest BCUT2D eigenvalue weighted by Gasteiger charge is -2.20. The molecule has 35 heavy (non-hydrogen) atoms. The number of aliphatic imine (C=N–C) groups is 1. The summed E-state index contributed by atoms with van der Waals surface area (Å²) in [6, 6.07) is 6.34. The molecule has 0 aromatic heterocycles. The zero-order chi connectivity index (χ0) is 25.5. The van der Waals surface area contributed by atoms with Crippen LogP contribution in [-0.2, 0) is 12.4 Å². The lowest BCUT2D eigenvalue weighted by molar-refractivity contribution is -0.143. The van der Waals surface area contributed by atoms with Gasteiger partial charge in [0.2, 0.25) is 0 Å². The highest BCUT2D eigenvalue weighted by Crippen LogP contribution is 2.39. The van der Waals surface area contributed by atoms with Crippen LogP contribution in [-0.4, -0.2) is 11.3 Å². The molecule has 3 rings (SSSR count). The van der Waals surface area contributed by atoms with Crippen LogP contribution in [0.25, 0.3) is 0 Å². The topological polar surface area (TPSA) is 32.6 Å². The van der Waals surface area contributed by atoms with Gasteiger partial charge in [0.25, 0.3) is 0 Å². The lowest BCUT2D eigenvalue weighted by atomic mass is 9.86. The Bertz CT molecular complexity index is 952. The van der Waals surface area contributed by atoms with Gasteiger partial charge in [-0.2, -0.15) is 26.3 Å². The monoisotopic (exact) mass is 499 g/mol. The number of aromatic hydroxyl groups is 1. The Morgan fingerprint density at radius 2 is 1.20 bits per heavy atom. The molecule has 0 radical (unpaired) electrons. The summed E-state index contributed by atoms with van der Waals surface area (Å²) >= 11 is 0. The van der Waals surface area contributed by atoms with Crippen LogP contribution in [0.3, 0.4) is 0 Å². The summed E-state index contributed by atoms with van der Waals surface area (Å²) in [6.45, 7) is 0. The minimum atomic E-state index is -4.94. The van der Waals surface area contributed by atoms with Crippen LogP contribution in [0.15, 0.2) is 41.4 Å². The van der Waals surface area contributed by atoms with E-state index in [1.165, 1.54) is 32.1 Å². The van der Waals surface area contributed by atoms with E-state index in [0.717, 1.165) is 50.3 Å². The number of nitrogens with zero attached hydrogens (tertiary/aromatic N) is 1. The number of halogens is 6. The number of hydrogen-bond acceptors (Lipinski definition) is 2. The van der Waals surface area contributed by atoms with Gasteiger partial charge in [-0.25, -0.2) is 0 Å². The van der Waals surface area contributed by atoms with E-state index in [0.29, 0.717) is 12.1 Å². The van der Waals surface area contributed by atoms with Crippen LogP contribution in [0, 0.1) is 0 Å². The molecule has 0 unspecified atom stereocenters. The largest absolute Gasteiger partial charge is 0.507 e. The molecular weight excluding hydrogens is 468 g/mol. The van der Waals surface area contributed by atoms with Gasteiger partial charge in [0.1, 0.15) is 5.75 Å². The summed E-state index contributed by atoms with van der Waals surface area (Å²) in [5.41, 5.74) is -2.31. The first-order valence-corrected chi connectivity index (χ1v) is 12.2. The SMILES string of the molecule is Oc1c(C=Nc2cc(C(F)(F)F)cc(C(F)(F)F)c2)cccc1C1CCCCCCCCCCC1. The first-order valence-electron chi connectivity index (χ1n) is 12.2. The Balaban J connectivity index is 1.87.